The van der Waals surface area contributed by atoms with E-state index in [0.717, 1.165) is 139 Å². The highest BCUT2D eigenvalue weighted by atomic mass is 32.1. The Morgan fingerprint density at radius 3 is 2.34 bits per heavy atom. The maximum absolute atomic E-state index is 13.2. The van der Waals surface area contributed by atoms with Crippen LogP contribution in [0.2, 0.25) is 0 Å². The van der Waals surface area contributed by atoms with Crippen LogP contribution in [0.5, 0.6) is 5.75 Å². The molecule has 3 aliphatic heterocycles. The van der Waals surface area contributed by atoms with Gasteiger partial charge in [-0.2, -0.15) is 5.10 Å². The number of thiazole rings is 1. The van der Waals surface area contributed by atoms with E-state index in [1.807, 2.05) is 48.4 Å². The Bertz CT molecular complexity index is 3490. The van der Waals surface area contributed by atoms with Gasteiger partial charge in [-0.25, -0.2) is 14.8 Å². The Labute approximate surface area is 487 Å². The molecule has 3 unspecified atom stereocenters. The number of nitrogens with one attached hydrogen (secondary N) is 2. The number of piperidine rings is 1. The minimum Gasteiger partial charge on any atom is -0.494 e. The van der Waals surface area contributed by atoms with Crippen LogP contribution >= 0.6 is 11.3 Å². The summed E-state index contributed by atoms with van der Waals surface area (Å²) in [4.78, 5) is 78.3. The van der Waals surface area contributed by atoms with Crippen LogP contribution in [0.4, 0.5) is 22.6 Å². The van der Waals surface area contributed by atoms with E-state index < -0.39 is 35.6 Å². The molecule has 13 rings (SSSR count). The fraction of sp³-hybridized carbons (Fsp3) is 0.524. The standard InChI is InChI=1S/C63H75N11O8S/c1-39-42-16-15-26-72(54(42)70-69-53(39)68-59-65-47-17-11-12-18-49(47)83-59)50-23-21-43(52(66-50)58(79)80)46-31-64-73(40(46)2)38-62-33-60(3)32-61(4,34-62)36-63(35-60,37-62)82-29-27-71(5)25-13-9-7-6-8-10-14-28-81-41-19-20-44-45(30-41)57(78)74(56(44)77)48-22-24-51(75)67-55(48)76/h11-12,17-21,23,30-31,48H,6-10,13-16,22,24-29,32-38H2,1-5H3,(H,79,80)(H,65,68,69)(H,67,75,76). The van der Waals surface area contributed by atoms with Gasteiger partial charge in [0.15, 0.2) is 22.5 Å². The van der Waals surface area contributed by atoms with Crippen LogP contribution in [-0.4, -0.2) is 126 Å². The van der Waals surface area contributed by atoms with Gasteiger partial charge in [-0.1, -0.05) is 69.4 Å². The van der Waals surface area contributed by atoms with Crippen molar-refractivity contribution in [3.05, 3.63) is 94.4 Å². The number of carbonyl (C=O) groups is 5. The summed E-state index contributed by atoms with van der Waals surface area (Å²) in [6.07, 6.45) is 18.0. The van der Waals surface area contributed by atoms with Crippen molar-refractivity contribution in [1.82, 2.24) is 45.1 Å². The summed E-state index contributed by atoms with van der Waals surface area (Å²) in [6, 6.07) is 15.7. The molecule has 3 N–H and O–H groups in total. The van der Waals surface area contributed by atoms with Gasteiger partial charge in [-0.3, -0.25) is 34.1 Å². The number of ether oxygens (including phenoxy) is 2. The van der Waals surface area contributed by atoms with Crippen molar-refractivity contribution >= 4 is 73.7 Å². The molecule has 3 atom stereocenters. The zero-order valence-corrected chi connectivity index (χ0v) is 49.2. The largest absolute Gasteiger partial charge is 0.494 e. The number of carboxylic acids is 1. The molecule has 20 heteroatoms. The second-order valence-electron chi connectivity index (χ2n) is 25.5. The highest BCUT2D eigenvalue weighted by molar-refractivity contribution is 7.22. The lowest BCUT2D eigenvalue weighted by Crippen LogP contribution is -2.64. The molecule has 436 valence electrons. The first-order valence-electron chi connectivity index (χ1n) is 29.7. The molecule has 4 aliphatic carbocycles. The number of amides is 4. The Morgan fingerprint density at radius 2 is 1.57 bits per heavy atom. The van der Waals surface area contributed by atoms with E-state index in [9.17, 15) is 29.1 Å². The number of imide groups is 2. The van der Waals surface area contributed by atoms with Gasteiger partial charge in [-0.05, 0) is 157 Å². The number of aromatic nitrogens is 6. The molecule has 4 amide bonds. The number of anilines is 4. The lowest BCUT2D eigenvalue weighted by Gasteiger charge is -2.69. The summed E-state index contributed by atoms with van der Waals surface area (Å²) < 4.78 is 16.3. The number of para-hydroxylation sites is 1. The predicted molar refractivity (Wildman–Crippen MR) is 316 cm³/mol. The maximum Gasteiger partial charge on any atom is 0.355 e. The zero-order chi connectivity index (χ0) is 57.8. The molecular weight excluding hydrogens is 1070 g/mol. The van der Waals surface area contributed by atoms with Gasteiger partial charge in [0.25, 0.3) is 11.8 Å². The van der Waals surface area contributed by atoms with Crippen LogP contribution in [0.25, 0.3) is 21.3 Å². The average molecular weight is 1150 g/mol. The number of benzene rings is 2. The SMILES string of the molecule is Cc1c(Nc2nc3ccccc3s2)nnc2c1CCCN2c1ccc(-c2cnn(CC34CC5(C)CC(C)(C3)CC(OCCN(C)CCCCCCCCCOc3ccc6c(c3)C(=O)N(C3CCC(=O)NC3=O)C6=O)(C5)C4)c2C)c(C(=O)O)n1. The third kappa shape index (κ3) is 11.3. The number of aromatic carboxylic acids is 1. The van der Waals surface area contributed by atoms with Crippen molar-refractivity contribution in [1.29, 1.82) is 0 Å². The molecule has 7 heterocycles. The molecule has 7 aliphatic rings. The molecule has 4 aromatic heterocycles. The van der Waals surface area contributed by atoms with Crippen molar-refractivity contribution in [2.24, 2.45) is 16.2 Å². The van der Waals surface area contributed by atoms with E-state index in [1.54, 1.807) is 29.5 Å². The molecule has 4 bridgehead atoms. The van der Waals surface area contributed by atoms with Crippen molar-refractivity contribution < 1.29 is 38.6 Å². The number of carboxylic acid groups (broad SMARTS) is 1. The van der Waals surface area contributed by atoms with E-state index in [4.69, 9.17) is 29.6 Å². The van der Waals surface area contributed by atoms with E-state index in [1.165, 1.54) is 19.3 Å². The normalized spacial score (nSPS) is 24.5. The number of unbranched alkanes of at least 4 members (excludes halogenated alkanes) is 6. The molecule has 0 spiro atoms. The van der Waals surface area contributed by atoms with Crippen LogP contribution in [0.3, 0.4) is 0 Å². The fourth-order valence-corrected chi connectivity index (χ4v) is 16.8. The summed E-state index contributed by atoms with van der Waals surface area (Å²) >= 11 is 1.57. The number of likely N-dealkylation sites (N-methyl/N-ethyl adjacent to an activating group) is 1. The zero-order valence-electron chi connectivity index (χ0n) is 48.4. The second-order valence-corrected chi connectivity index (χ2v) is 26.5. The Hall–Kier alpha value is -7.16. The van der Waals surface area contributed by atoms with E-state index in [-0.39, 0.29) is 51.5 Å². The molecule has 83 heavy (non-hydrogen) atoms. The highest BCUT2D eigenvalue weighted by Crippen LogP contribution is 2.72. The number of fused-ring (bicyclic) bond motifs is 3. The topological polar surface area (TPSA) is 227 Å². The number of hydrogen-bond acceptors (Lipinski definition) is 16. The van der Waals surface area contributed by atoms with E-state index >= 15 is 0 Å². The first-order chi connectivity index (χ1) is 39.9. The van der Waals surface area contributed by atoms with Crippen molar-refractivity contribution in [2.75, 3.05) is 50.1 Å². The first kappa shape index (κ1) is 56.3. The third-order valence-electron chi connectivity index (χ3n) is 18.5. The summed E-state index contributed by atoms with van der Waals surface area (Å²) in [5, 5.41) is 31.4. The first-order valence-corrected chi connectivity index (χ1v) is 30.6. The summed E-state index contributed by atoms with van der Waals surface area (Å²) in [5.41, 5.74) is 5.84. The van der Waals surface area contributed by atoms with Gasteiger partial charge in [0.2, 0.25) is 11.8 Å². The molecule has 0 radical (unpaired) electrons. The van der Waals surface area contributed by atoms with E-state index in [0.29, 0.717) is 48.5 Å². The molecule has 4 saturated carbocycles. The van der Waals surface area contributed by atoms with Gasteiger partial charge in [0.1, 0.15) is 17.6 Å². The maximum atomic E-state index is 13.2. The fourth-order valence-electron chi connectivity index (χ4n) is 15.9. The van der Waals surface area contributed by atoms with Crippen molar-refractivity contribution in [3.63, 3.8) is 0 Å². The van der Waals surface area contributed by atoms with Crippen LogP contribution in [0, 0.1) is 30.1 Å². The van der Waals surface area contributed by atoms with Gasteiger partial charge < -0.3 is 29.7 Å². The monoisotopic (exact) mass is 1150 g/mol. The third-order valence-corrected chi connectivity index (χ3v) is 19.5. The predicted octanol–water partition coefficient (Wildman–Crippen LogP) is 10.8. The Morgan fingerprint density at radius 1 is 0.819 bits per heavy atom. The number of nitrogens with zero attached hydrogens (tertiary/aromatic N) is 9. The lowest BCUT2D eigenvalue weighted by molar-refractivity contribution is -0.248. The van der Waals surface area contributed by atoms with Crippen LogP contribution in [0.1, 0.15) is 165 Å². The Balaban J connectivity index is 0.604. The molecule has 2 aromatic carbocycles. The van der Waals surface area contributed by atoms with E-state index in [2.05, 4.69) is 59.2 Å². The van der Waals surface area contributed by atoms with Crippen LogP contribution in [-0.2, 0) is 27.3 Å². The molecule has 5 fully saturated rings. The molecular formula is C63H75N11O8S. The lowest BCUT2D eigenvalue weighted by atomic mass is 9.39. The number of carbonyl (C=O) groups excluding carboxylic acids is 4. The summed E-state index contributed by atoms with van der Waals surface area (Å²) in [5.74, 6) is -0.793. The minimum absolute atomic E-state index is 0.00511. The molecule has 1 saturated heterocycles. The van der Waals surface area contributed by atoms with Gasteiger partial charge in [0, 0.05) is 54.0 Å². The van der Waals surface area contributed by atoms with Crippen LogP contribution in [0.15, 0.2) is 60.8 Å². The summed E-state index contributed by atoms with van der Waals surface area (Å²) in [7, 11) is 2.20. The molecule has 6 aromatic rings. The van der Waals surface area contributed by atoms with Crippen molar-refractivity contribution in [3.8, 4) is 16.9 Å². The van der Waals surface area contributed by atoms with Gasteiger partial charge in [-0.15, -0.1) is 10.2 Å². The molecule has 19 nitrogen and oxygen atoms in total. The van der Waals surface area contributed by atoms with Crippen molar-refractivity contribution in [2.45, 2.75) is 155 Å². The average Bonchev–Trinajstić information content (AvgIpc) is 1.66. The highest BCUT2D eigenvalue weighted by Gasteiger charge is 2.66. The van der Waals surface area contributed by atoms with Crippen LogP contribution < -0.4 is 20.3 Å². The summed E-state index contributed by atoms with van der Waals surface area (Å²) in [6.45, 7) is 13.6. The smallest absolute Gasteiger partial charge is 0.355 e. The Kier molecular flexibility index (Phi) is 15.2. The number of pyridine rings is 1. The number of hydrogen-bond donors (Lipinski definition) is 3. The minimum atomic E-state index is -1.09. The second kappa shape index (κ2) is 22.4. The quantitative estimate of drug-likeness (QED) is 0.0400. The number of rotatable bonds is 23. The van der Waals surface area contributed by atoms with Gasteiger partial charge in [0.05, 0.1) is 46.4 Å². The van der Waals surface area contributed by atoms with Gasteiger partial charge >= 0.3 is 5.97 Å².